The molecular weight excluding hydrogens is 330 g/mol. The molecule has 4 nitrogen and oxygen atoms in total. The second-order valence-corrected chi connectivity index (χ2v) is 6.13. The summed E-state index contributed by atoms with van der Waals surface area (Å²) in [6, 6.07) is 9.88. The maximum absolute atomic E-state index is 10.7. The number of fused-ring (bicyclic) bond motifs is 1. The van der Waals surface area contributed by atoms with E-state index < -0.39 is 6.10 Å². The van der Waals surface area contributed by atoms with E-state index in [0.29, 0.717) is 0 Å². The fourth-order valence-corrected chi connectivity index (χ4v) is 2.93. The van der Waals surface area contributed by atoms with Crippen molar-refractivity contribution in [2.45, 2.75) is 26.0 Å². The van der Waals surface area contributed by atoms with Gasteiger partial charge >= 0.3 is 0 Å². The van der Waals surface area contributed by atoms with Crippen molar-refractivity contribution >= 4 is 26.8 Å². The quantitative estimate of drug-likeness (QED) is 0.784. The maximum Gasteiger partial charge on any atom is 0.122 e. The second-order valence-electron chi connectivity index (χ2n) is 5.27. The van der Waals surface area contributed by atoms with Crippen LogP contribution in [0.3, 0.4) is 0 Å². The molecule has 2 heterocycles. The van der Waals surface area contributed by atoms with E-state index in [9.17, 15) is 5.11 Å². The number of pyridine rings is 1. The number of aliphatic hydroxyl groups excluding tert-OH is 1. The minimum absolute atomic E-state index is 0.183. The number of aliphatic hydroxyl groups is 1. The summed E-state index contributed by atoms with van der Waals surface area (Å²) in [7, 11) is 0. The topological polar surface area (TPSA) is 50.9 Å². The van der Waals surface area contributed by atoms with Gasteiger partial charge in [-0.1, -0.05) is 12.1 Å². The number of rotatable bonds is 3. The van der Waals surface area contributed by atoms with Crippen molar-refractivity contribution in [3.8, 4) is 0 Å². The van der Waals surface area contributed by atoms with Gasteiger partial charge in [0, 0.05) is 17.6 Å². The summed E-state index contributed by atoms with van der Waals surface area (Å²) < 4.78 is 2.65. The van der Waals surface area contributed by atoms with Crippen molar-refractivity contribution in [2.24, 2.45) is 0 Å². The van der Waals surface area contributed by atoms with E-state index in [1.807, 2.05) is 48.9 Å². The highest BCUT2D eigenvalue weighted by Crippen LogP contribution is 2.31. The first-order chi connectivity index (χ1) is 10.1. The van der Waals surface area contributed by atoms with Gasteiger partial charge in [-0.2, -0.15) is 5.10 Å². The van der Waals surface area contributed by atoms with Gasteiger partial charge in [-0.05, 0) is 53.5 Å². The van der Waals surface area contributed by atoms with Crippen molar-refractivity contribution in [2.75, 3.05) is 0 Å². The predicted molar refractivity (Wildman–Crippen MR) is 86.1 cm³/mol. The van der Waals surface area contributed by atoms with Crippen LogP contribution in [-0.2, 0) is 0 Å². The SMILES string of the molecule is CC(C)n1ncc(Br)c1C(O)c1ccc2ncccc2c1. The summed E-state index contributed by atoms with van der Waals surface area (Å²) in [5, 5.41) is 16.1. The number of nitrogens with zero attached hydrogens (tertiary/aromatic N) is 3. The van der Waals surface area contributed by atoms with Crippen molar-refractivity contribution in [3.05, 3.63) is 58.5 Å². The molecule has 0 bridgehead atoms. The van der Waals surface area contributed by atoms with Gasteiger partial charge in [-0.3, -0.25) is 9.67 Å². The number of aromatic nitrogens is 3. The highest BCUT2D eigenvalue weighted by atomic mass is 79.9. The summed E-state index contributed by atoms with van der Waals surface area (Å²) >= 11 is 3.48. The smallest absolute Gasteiger partial charge is 0.122 e. The van der Waals surface area contributed by atoms with Gasteiger partial charge in [-0.25, -0.2) is 0 Å². The van der Waals surface area contributed by atoms with Gasteiger partial charge in [0.2, 0.25) is 0 Å². The van der Waals surface area contributed by atoms with E-state index in [-0.39, 0.29) is 6.04 Å². The summed E-state index contributed by atoms with van der Waals surface area (Å²) in [5.41, 5.74) is 2.52. The molecule has 3 rings (SSSR count). The predicted octanol–water partition coefficient (Wildman–Crippen LogP) is 3.86. The van der Waals surface area contributed by atoms with E-state index >= 15 is 0 Å². The molecule has 5 heteroatoms. The molecule has 0 aliphatic heterocycles. The average molecular weight is 346 g/mol. The van der Waals surface area contributed by atoms with E-state index in [1.54, 1.807) is 12.4 Å². The molecule has 0 fully saturated rings. The van der Waals surface area contributed by atoms with Crippen molar-refractivity contribution in [1.82, 2.24) is 14.8 Å². The van der Waals surface area contributed by atoms with Gasteiger partial charge in [0.05, 0.1) is 21.9 Å². The second kappa shape index (κ2) is 5.58. The van der Waals surface area contributed by atoms with Crippen LogP contribution in [0.5, 0.6) is 0 Å². The Morgan fingerprint density at radius 2 is 2.05 bits per heavy atom. The highest BCUT2D eigenvalue weighted by Gasteiger charge is 2.21. The van der Waals surface area contributed by atoms with E-state index in [0.717, 1.165) is 26.6 Å². The fourth-order valence-electron chi connectivity index (χ4n) is 2.44. The standard InChI is InChI=1S/C16H16BrN3O/c1-10(2)20-15(13(17)9-19-20)16(21)12-5-6-14-11(8-12)4-3-7-18-14/h3-10,16,21H,1-2H3. The molecule has 2 aromatic heterocycles. The zero-order chi connectivity index (χ0) is 15.0. The molecule has 21 heavy (non-hydrogen) atoms. The molecule has 1 aromatic carbocycles. The van der Waals surface area contributed by atoms with Crippen LogP contribution in [0.4, 0.5) is 0 Å². The van der Waals surface area contributed by atoms with Gasteiger partial charge in [0.15, 0.2) is 0 Å². The first kappa shape index (κ1) is 14.2. The average Bonchev–Trinajstić information content (AvgIpc) is 2.88. The Labute approximate surface area is 131 Å². The lowest BCUT2D eigenvalue weighted by Gasteiger charge is -2.17. The van der Waals surface area contributed by atoms with Crippen LogP contribution >= 0.6 is 15.9 Å². The van der Waals surface area contributed by atoms with Crippen LogP contribution in [0.1, 0.15) is 37.3 Å². The van der Waals surface area contributed by atoms with Gasteiger partial charge in [0.1, 0.15) is 6.10 Å². The Balaban J connectivity index is 2.08. The van der Waals surface area contributed by atoms with Crippen LogP contribution in [-0.4, -0.2) is 19.9 Å². The molecule has 0 radical (unpaired) electrons. The molecule has 3 aromatic rings. The van der Waals surface area contributed by atoms with E-state index in [2.05, 4.69) is 26.0 Å². The third kappa shape index (κ3) is 2.59. The lowest BCUT2D eigenvalue weighted by Crippen LogP contribution is -2.12. The van der Waals surface area contributed by atoms with Gasteiger partial charge in [0.25, 0.3) is 0 Å². The molecule has 0 saturated carbocycles. The van der Waals surface area contributed by atoms with Crippen molar-refractivity contribution in [3.63, 3.8) is 0 Å². The molecule has 0 aliphatic rings. The van der Waals surface area contributed by atoms with Crippen LogP contribution in [0.15, 0.2) is 47.2 Å². The molecule has 0 amide bonds. The number of hydrogen-bond acceptors (Lipinski definition) is 3. The minimum Gasteiger partial charge on any atom is -0.382 e. The first-order valence-electron chi connectivity index (χ1n) is 6.83. The zero-order valence-corrected chi connectivity index (χ0v) is 13.4. The van der Waals surface area contributed by atoms with E-state index in [1.165, 1.54) is 0 Å². The largest absolute Gasteiger partial charge is 0.382 e. The molecule has 0 spiro atoms. The number of hydrogen-bond donors (Lipinski definition) is 1. The number of halogens is 1. The molecular formula is C16H16BrN3O. The van der Waals surface area contributed by atoms with Crippen LogP contribution in [0.25, 0.3) is 10.9 Å². The monoisotopic (exact) mass is 345 g/mol. The summed E-state index contributed by atoms with van der Waals surface area (Å²) in [5.74, 6) is 0. The molecule has 0 saturated heterocycles. The van der Waals surface area contributed by atoms with Crippen LogP contribution < -0.4 is 0 Å². The Hall–Kier alpha value is -1.72. The lowest BCUT2D eigenvalue weighted by molar-refractivity contribution is 0.204. The van der Waals surface area contributed by atoms with Gasteiger partial charge in [-0.15, -0.1) is 0 Å². The molecule has 1 N–H and O–H groups in total. The van der Waals surface area contributed by atoms with Crippen LogP contribution in [0.2, 0.25) is 0 Å². The normalized spacial score (nSPS) is 13.0. The lowest BCUT2D eigenvalue weighted by atomic mass is 10.0. The molecule has 108 valence electrons. The Bertz CT molecular complexity index is 782. The molecule has 1 atom stereocenters. The van der Waals surface area contributed by atoms with E-state index in [4.69, 9.17) is 0 Å². The maximum atomic E-state index is 10.7. The third-order valence-electron chi connectivity index (χ3n) is 3.48. The highest BCUT2D eigenvalue weighted by molar-refractivity contribution is 9.10. The third-order valence-corrected chi connectivity index (χ3v) is 4.09. The summed E-state index contributed by atoms with van der Waals surface area (Å²) in [6.07, 6.45) is 2.76. The Kier molecular flexibility index (Phi) is 3.78. The summed E-state index contributed by atoms with van der Waals surface area (Å²) in [4.78, 5) is 4.30. The van der Waals surface area contributed by atoms with Crippen LogP contribution in [0, 0.1) is 0 Å². The van der Waals surface area contributed by atoms with Crippen molar-refractivity contribution < 1.29 is 5.11 Å². The zero-order valence-electron chi connectivity index (χ0n) is 11.9. The Morgan fingerprint density at radius 3 is 2.81 bits per heavy atom. The van der Waals surface area contributed by atoms with Crippen molar-refractivity contribution in [1.29, 1.82) is 0 Å². The Morgan fingerprint density at radius 1 is 1.24 bits per heavy atom. The summed E-state index contributed by atoms with van der Waals surface area (Å²) in [6.45, 7) is 4.08. The first-order valence-corrected chi connectivity index (χ1v) is 7.63. The molecule has 1 unspecified atom stereocenters. The van der Waals surface area contributed by atoms with Gasteiger partial charge < -0.3 is 5.11 Å². The fraction of sp³-hybridized carbons (Fsp3) is 0.250. The molecule has 0 aliphatic carbocycles. The number of benzene rings is 1. The minimum atomic E-state index is -0.728.